The van der Waals surface area contributed by atoms with Crippen LogP contribution in [0.4, 0.5) is 26.3 Å². The smallest absolute Gasteiger partial charge is 0.420 e. The lowest BCUT2D eigenvalue weighted by atomic mass is 9.83. The van der Waals surface area contributed by atoms with Crippen LogP contribution < -0.4 is 4.74 Å². The summed E-state index contributed by atoms with van der Waals surface area (Å²) in [5.74, 6) is -1.12. The zero-order chi connectivity index (χ0) is 28.2. The number of ether oxygens (including phenoxy) is 1. The minimum atomic E-state index is -4.64. The van der Waals surface area contributed by atoms with Gasteiger partial charge in [0.2, 0.25) is 0 Å². The molecule has 0 saturated heterocycles. The van der Waals surface area contributed by atoms with Crippen molar-refractivity contribution in [2.24, 2.45) is 17.8 Å². The molecule has 2 rings (SSSR count). The van der Waals surface area contributed by atoms with Crippen molar-refractivity contribution < 1.29 is 36.2 Å². The number of phenolic OH excluding ortho intramolecular Hbond substituents is 1. The van der Waals surface area contributed by atoms with Crippen LogP contribution in [-0.4, -0.2) is 16.9 Å². The van der Waals surface area contributed by atoms with E-state index in [0.717, 1.165) is 19.3 Å². The third kappa shape index (κ3) is 8.71. The summed E-state index contributed by atoms with van der Waals surface area (Å²) in [6, 6.07) is 0. The Bertz CT molecular complexity index is 890. The van der Waals surface area contributed by atoms with E-state index in [1.165, 1.54) is 6.92 Å². The summed E-state index contributed by atoms with van der Waals surface area (Å²) in [6.45, 7) is 10.8. The van der Waals surface area contributed by atoms with Gasteiger partial charge in [0, 0.05) is 11.1 Å². The predicted octanol–water partition coefficient (Wildman–Crippen LogP) is 10.1. The third-order valence-electron chi connectivity index (χ3n) is 8.02. The molecule has 0 aromatic heterocycles. The molecule has 0 saturated carbocycles. The van der Waals surface area contributed by atoms with Gasteiger partial charge in [0.1, 0.15) is 22.7 Å². The molecule has 1 aliphatic rings. The molecule has 37 heavy (non-hydrogen) atoms. The quantitative estimate of drug-likeness (QED) is 0.268. The fourth-order valence-electron chi connectivity index (χ4n) is 5.58. The standard InChI is InChI=1S/C29H44F6O2/c1-18(2)10-7-13-22(28(30,31)32)14-8-11-19(3)12-9-16-27(6)17-15-23-20(4)25(36)21(5)24(26(23)37-27)29(33,34)35/h18-19,22,36H,7-17H2,1-6H3. The van der Waals surface area contributed by atoms with Crippen molar-refractivity contribution in [3.63, 3.8) is 0 Å². The topological polar surface area (TPSA) is 29.5 Å². The molecular formula is C29H44F6O2. The summed E-state index contributed by atoms with van der Waals surface area (Å²) in [6.07, 6.45) is -2.85. The van der Waals surface area contributed by atoms with Crippen LogP contribution in [-0.2, 0) is 12.6 Å². The van der Waals surface area contributed by atoms with Crippen LogP contribution in [0.1, 0.15) is 114 Å². The fourth-order valence-corrected chi connectivity index (χ4v) is 5.58. The Morgan fingerprint density at radius 2 is 1.43 bits per heavy atom. The number of fused-ring (bicyclic) bond motifs is 1. The van der Waals surface area contributed by atoms with Crippen LogP contribution in [0.25, 0.3) is 0 Å². The van der Waals surface area contributed by atoms with Gasteiger partial charge < -0.3 is 9.84 Å². The van der Waals surface area contributed by atoms with Crippen molar-refractivity contribution in [3.8, 4) is 11.5 Å². The van der Waals surface area contributed by atoms with Crippen molar-refractivity contribution in [2.45, 2.75) is 130 Å². The first-order chi connectivity index (χ1) is 17.0. The van der Waals surface area contributed by atoms with Gasteiger partial charge in [-0.2, -0.15) is 26.3 Å². The first kappa shape index (κ1) is 31.6. The molecule has 0 amide bonds. The van der Waals surface area contributed by atoms with Gasteiger partial charge in [0.25, 0.3) is 0 Å². The second kappa shape index (κ2) is 12.5. The average Bonchev–Trinajstić information content (AvgIpc) is 2.74. The number of aromatic hydroxyl groups is 1. The van der Waals surface area contributed by atoms with Crippen molar-refractivity contribution in [2.75, 3.05) is 0 Å². The molecule has 3 unspecified atom stereocenters. The highest BCUT2D eigenvalue weighted by molar-refractivity contribution is 5.59. The molecule has 1 aliphatic heterocycles. The summed E-state index contributed by atoms with van der Waals surface area (Å²) < 4.78 is 87.8. The van der Waals surface area contributed by atoms with E-state index in [-0.39, 0.29) is 35.8 Å². The van der Waals surface area contributed by atoms with Crippen molar-refractivity contribution in [1.29, 1.82) is 0 Å². The van der Waals surface area contributed by atoms with Gasteiger partial charge in [-0.15, -0.1) is 0 Å². The molecule has 1 aromatic rings. The molecule has 0 radical (unpaired) electrons. The SMILES string of the molecule is Cc1c(O)c(C)c(C(F)(F)F)c2c1CCC(C)(CCCC(C)CCCC(CCCC(C)C)C(F)(F)F)O2. The van der Waals surface area contributed by atoms with Crippen molar-refractivity contribution in [3.05, 3.63) is 22.3 Å². The van der Waals surface area contributed by atoms with E-state index in [4.69, 9.17) is 4.74 Å². The molecule has 8 heteroatoms. The van der Waals surface area contributed by atoms with Gasteiger partial charge in [-0.1, -0.05) is 52.9 Å². The lowest BCUT2D eigenvalue weighted by molar-refractivity contribution is -0.179. The largest absolute Gasteiger partial charge is 0.507 e. The summed E-state index contributed by atoms with van der Waals surface area (Å²) in [4.78, 5) is 0. The van der Waals surface area contributed by atoms with Gasteiger partial charge in [0.05, 0.1) is 5.92 Å². The summed E-state index contributed by atoms with van der Waals surface area (Å²) in [5, 5.41) is 10.2. The zero-order valence-electron chi connectivity index (χ0n) is 23.1. The van der Waals surface area contributed by atoms with E-state index in [2.05, 4.69) is 0 Å². The van der Waals surface area contributed by atoms with Crippen LogP contribution in [0.15, 0.2) is 0 Å². The highest BCUT2D eigenvalue weighted by Crippen LogP contribution is 2.50. The maximum absolute atomic E-state index is 13.8. The van der Waals surface area contributed by atoms with Gasteiger partial charge >= 0.3 is 12.4 Å². The summed E-state index contributed by atoms with van der Waals surface area (Å²) in [7, 11) is 0. The Hall–Kier alpha value is -1.60. The highest BCUT2D eigenvalue weighted by Gasteiger charge is 2.44. The molecule has 1 N–H and O–H groups in total. The molecule has 214 valence electrons. The number of hydrogen-bond donors (Lipinski definition) is 1. The van der Waals surface area contributed by atoms with Crippen LogP contribution in [0, 0.1) is 31.6 Å². The molecule has 0 aliphatic carbocycles. The molecule has 3 atom stereocenters. The normalized spacial score (nSPS) is 20.0. The maximum atomic E-state index is 13.8. The number of alkyl halides is 6. The average molecular weight is 539 g/mol. The molecule has 0 spiro atoms. The first-order valence-corrected chi connectivity index (χ1v) is 13.6. The van der Waals surface area contributed by atoms with Crippen LogP contribution in [0.5, 0.6) is 11.5 Å². The van der Waals surface area contributed by atoms with E-state index in [1.54, 1.807) is 6.92 Å². The van der Waals surface area contributed by atoms with Gasteiger partial charge in [-0.3, -0.25) is 0 Å². The zero-order valence-corrected chi connectivity index (χ0v) is 23.1. The molecule has 0 fully saturated rings. The van der Waals surface area contributed by atoms with Gasteiger partial charge in [0.15, 0.2) is 0 Å². The Morgan fingerprint density at radius 3 is 1.97 bits per heavy atom. The Kier molecular flexibility index (Phi) is 10.7. The monoisotopic (exact) mass is 538 g/mol. The third-order valence-corrected chi connectivity index (χ3v) is 8.02. The molecule has 1 aromatic carbocycles. The number of halogens is 6. The predicted molar refractivity (Wildman–Crippen MR) is 135 cm³/mol. The second-order valence-corrected chi connectivity index (χ2v) is 11.8. The van der Waals surface area contributed by atoms with Gasteiger partial charge in [-0.25, -0.2) is 0 Å². The van der Waals surface area contributed by atoms with Crippen LogP contribution in [0.3, 0.4) is 0 Å². The number of rotatable bonds is 12. The number of benzene rings is 1. The van der Waals surface area contributed by atoms with E-state index < -0.39 is 29.4 Å². The van der Waals surface area contributed by atoms with Crippen molar-refractivity contribution in [1.82, 2.24) is 0 Å². The lowest BCUT2D eigenvalue weighted by Crippen LogP contribution is -2.38. The van der Waals surface area contributed by atoms with E-state index in [9.17, 15) is 31.4 Å². The van der Waals surface area contributed by atoms with Gasteiger partial charge in [-0.05, 0) is 76.7 Å². The molecule has 2 nitrogen and oxygen atoms in total. The maximum Gasteiger partial charge on any atom is 0.420 e. The lowest BCUT2D eigenvalue weighted by Gasteiger charge is -2.38. The highest BCUT2D eigenvalue weighted by atomic mass is 19.4. The van der Waals surface area contributed by atoms with Crippen molar-refractivity contribution >= 4 is 0 Å². The van der Waals surface area contributed by atoms with E-state index in [0.29, 0.717) is 55.6 Å². The Morgan fingerprint density at radius 1 is 0.865 bits per heavy atom. The second-order valence-electron chi connectivity index (χ2n) is 11.8. The Labute approximate surface area is 218 Å². The van der Waals surface area contributed by atoms with E-state index in [1.807, 2.05) is 27.7 Å². The molecule has 1 heterocycles. The Balaban J connectivity index is 1.91. The fraction of sp³-hybridized carbons (Fsp3) is 0.793. The minimum absolute atomic E-state index is 0.148. The van der Waals surface area contributed by atoms with Crippen LogP contribution in [0.2, 0.25) is 0 Å². The summed E-state index contributed by atoms with van der Waals surface area (Å²) in [5.41, 5.74) is -1.05. The minimum Gasteiger partial charge on any atom is -0.507 e. The first-order valence-electron chi connectivity index (χ1n) is 13.6. The molecular weight excluding hydrogens is 494 g/mol. The van der Waals surface area contributed by atoms with E-state index >= 15 is 0 Å². The number of hydrogen-bond acceptors (Lipinski definition) is 2. The molecule has 0 bridgehead atoms. The van der Waals surface area contributed by atoms with Crippen LogP contribution >= 0.6 is 0 Å². The number of phenols is 1. The summed E-state index contributed by atoms with van der Waals surface area (Å²) >= 11 is 0.